The van der Waals surface area contributed by atoms with Gasteiger partial charge >= 0.3 is 0 Å². The molecule has 8 aromatic carbocycles. The van der Waals surface area contributed by atoms with E-state index in [0.29, 0.717) is 0 Å². The topological polar surface area (TPSA) is 27.6 Å². The van der Waals surface area contributed by atoms with Gasteiger partial charge in [0.25, 0.3) is 0 Å². The van der Waals surface area contributed by atoms with Crippen molar-refractivity contribution in [2.24, 2.45) is 4.99 Å². The van der Waals surface area contributed by atoms with Gasteiger partial charge in [-0.2, -0.15) is 0 Å². The van der Waals surface area contributed by atoms with Crippen molar-refractivity contribution in [1.82, 2.24) is 5.32 Å². The number of para-hydroxylation sites is 3. The standard InChI is InChI=1S/C53H37N3/c1-4-16-36(17-5-1)37-28-30-38(31-29-37)48-35-49(55-52(54-48)39-18-6-2-7-19-39)40-32-33-45-43(34-40)42-22-10-11-23-44(42)53(45)46-24-12-14-26-50(46)56(41-20-8-3-9-21-41)51-27-15-13-25-47(51)53/h1-35,48H,(H,54,55). The maximum Gasteiger partial charge on any atom is 0.134 e. The molecule has 0 fully saturated rings. The van der Waals surface area contributed by atoms with Crippen LogP contribution in [-0.2, 0) is 5.41 Å². The lowest BCUT2D eigenvalue weighted by molar-refractivity contribution is 0.752. The molecule has 0 aromatic heterocycles. The van der Waals surface area contributed by atoms with Crippen molar-refractivity contribution in [2.45, 2.75) is 11.5 Å². The van der Waals surface area contributed by atoms with Crippen LogP contribution in [0.3, 0.4) is 0 Å². The zero-order chi connectivity index (χ0) is 37.1. The van der Waals surface area contributed by atoms with E-state index < -0.39 is 5.41 Å². The second-order valence-corrected chi connectivity index (χ2v) is 14.7. The highest BCUT2D eigenvalue weighted by Gasteiger charge is 2.51. The Bertz CT molecular complexity index is 2770. The molecule has 3 nitrogen and oxygen atoms in total. The van der Waals surface area contributed by atoms with Crippen LogP contribution in [0.25, 0.3) is 28.0 Å². The van der Waals surface area contributed by atoms with Gasteiger partial charge in [0, 0.05) is 16.8 Å². The quantitative estimate of drug-likeness (QED) is 0.192. The number of hydrogen-bond donors (Lipinski definition) is 1. The van der Waals surface area contributed by atoms with Crippen LogP contribution in [0.15, 0.2) is 217 Å². The monoisotopic (exact) mass is 715 g/mol. The first kappa shape index (κ1) is 32.2. The fourth-order valence-corrected chi connectivity index (χ4v) is 9.26. The lowest BCUT2D eigenvalue weighted by Crippen LogP contribution is -2.36. The number of nitrogens with one attached hydrogen (secondary N) is 1. The van der Waals surface area contributed by atoms with Crippen LogP contribution in [-0.4, -0.2) is 5.84 Å². The molecule has 0 saturated carbocycles. The van der Waals surface area contributed by atoms with Crippen molar-refractivity contribution >= 4 is 28.6 Å². The molecular weight excluding hydrogens is 679 g/mol. The van der Waals surface area contributed by atoms with Crippen LogP contribution in [0.2, 0.25) is 0 Å². The molecule has 11 rings (SSSR count). The SMILES string of the molecule is C1=C(c2ccc3c(c2)-c2ccccc2C32c3ccccc3N(c3ccccc3)c3ccccc32)N=C(c2ccccc2)NC1c1ccc(-c2ccccc2)cc1. The van der Waals surface area contributed by atoms with Gasteiger partial charge in [0.05, 0.1) is 28.5 Å². The van der Waals surface area contributed by atoms with Gasteiger partial charge in [-0.05, 0) is 86.5 Å². The van der Waals surface area contributed by atoms with Gasteiger partial charge in [-0.15, -0.1) is 0 Å². The largest absolute Gasteiger partial charge is 0.359 e. The minimum Gasteiger partial charge on any atom is -0.359 e. The summed E-state index contributed by atoms with van der Waals surface area (Å²) in [6, 6.07) is 74.6. The van der Waals surface area contributed by atoms with Crippen LogP contribution in [0.1, 0.15) is 45.0 Å². The van der Waals surface area contributed by atoms with Crippen LogP contribution >= 0.6 is 0 Å². The Labute approximate surface area is 327 Å². The normalized spacial score (nSPS) is 15.8. The number of rotatable bonds is 5. The molecule has 1 N–H and O–H groups in total. The molecule has 0 amide bonds. The van der Waals surface area contributed by atoms with Gasteiger partial charge in [0.2, 0.25) is 0 Å². The van der Waals surface area contributed by atoms with Gasteiger partial charge in [-0.3, -0.25) is 0 Å². The number of nitrogens with zero attached hydrogens (tertiary/aromatic N) is 2. The lowest BCUT2D eigenvalue weighted by atomic mass is 9.64. The zero-order valence-corrected chi connectivity index (χ0v) is 30.7. The highest BCUT2D eigenvalue weighted by atomic mass is 15.2. The summed E-state index contributed by atoms with van der Waals surface area (Å²) >= 11 is 0. The molecule has 264 valence electrons. The van der Waals surface area contributed by atoms with Gasteiger partial charge in [0.15, 0.2) is 0 Å². The third-order valence-corrected chi connectivity index (χ3v) is 11.7. The summed E-state index contributed by atoms with van der Waals surface area (Å²) in [5, 5.41) is 3.77. The minimum atomic E-state index is -0.493. The summed E-state index contributed by atoms with van der Waals surface area (Å²) in [5.41, 5.74) is 17.5. The number of hydrogen-bond acceptors (Lipinski definition) is 3. The summed E-state index contributed by atoms with van der Waals surface area (Å²) in [4.78, 5) is 7.75. The van der Waals surface area contributed by atoms with Crippen molar-refractivity contribution in [2.75, 3.05) is 4.90 Å². The van der Waals surface area contributed by atoms with Crippen molar-refractivity contribution < 1.29 is 0 Å². The molecule has 3 heteroatoms. The molecule has 3 aliphatic rings. The third-order valence-electron chi connectivity index (χ3n) is 11.7. The number of benzene rings is 8. The Morgan fingerprint density at radius 1 is 0.429 bits per heavy atom. The minimum absolute atomic E-state index is 0.0597. The van der Waals surface area contributed by atoms with E-state index in [2.05, 4.69) is 223 Å². The Hall–Kier alpha value is -7.23. The maximum atomic E-state index is 5.32. The average Bonchev–Trinajstić information content (AvgIpc) is 3.57. The van der Waals surface area contributed by atoms with E-state index in [4.69, 9.17) is 4.99 Å². The molecule has 8 aromatic rings. The molecule has 0 radical (unpaired) electrons. The molecule has 1 spiro atoms. The molecule has 1 unspecified atom stereocenters. The number of fused-ring (bicyclic) bond motifs is 9. The smallest absolute Gasteiger partial charge is 0.134 e. The molecule has 2 heterocycles. The Balaban J connectivity index is 1.08. The van der Waals surface area contributed by atoms with E-state index in [-0.39, 0.29) is 6.04 Å². The second kappa shape index (κ2) is 13.0. The van der Waals surface area contributed by atoms with Gasteiger partial charge in [-0.25, -0.2) is 4.99 Å². The molecule has 1 atom stereocenters. The van der Waals surface area contributed by atoms with Crippen LogP contribution < -0.4 is 10.2 Å². The summed E-state index contributed by atoms with van der Waals surface area (Å²) in [6.07, 6.45) is 2.28. The van der Waals surface area contributed by atoms with Crippen molar-refractivity contribution in [3.05, 3.63) is 251 Å². The zero-order valence-electron chi connectivity index (χ0n) is 30.7. The van der Waals surface area contributed by atoms with Gasteiger partial charge in [0.1, 0.15) is 5.84 Å². The van der Waals surface area contributed by atoms with Gasteiger partial charge < -0.3 is 10.2 Å². The molecule has 0 saturated heterocycles. The summed E-state index contributed by atoms with van der Waals surface area (Å²) < 4.78 is 0. The van der Waals surface area contributed by atoms with E-state index in [1.807, 2.05) is 0 Å². The molecule has 2 aliphatic heterocycles. The predicted molar refractivity (Wildman–Crippen MR) is 231 cm³/mol. The summed E-state index contributed by atoms with van der Waals surface area (Å²) in [7, 11) is 0. The van der Waals surface area contributed by atoms with E-state index in [1.165, 1.54) is 61.4 Å². The van der Waals surface area contributed by atoms with Crippen molar-refractivity contribution in [3.63, 3.8) is 0 Å². The van der Waals surface area contributed by atoms with Gasteiger partial charge in [-0.1, -0.05) is 176 Å². The molecule has 0 bridgehead atoms. The van der Waals surface area contributed by atoms with Crippen LogP contribution in [0.4, 0.5) is 17.1 Å². The summed E-state index contributed by atoms with van der Waals surface area (Å²) in [5.74, 6) is 0.869. The van der Waals surface area contributed by atoms with E-state index in [0.717, 1.165) is 28.3 Å². The number of anilines is 3. The Morgan fingerprint density at radius 3 is 1.62 bits per heavy atom. The molecule has 1 aliphatic carbocycles. The first-order valence-electron chi connectivity index (χ1n) is 19.3. The van der Waals surface area contributed by atoms with Crippen LogP contribution in [0, 0.1) is 0 Å². The highest BCUT2D eigenvalue weighted by Crippen LogP contribution is 2.63. The number of amidine groups is 1. The number of aliphatic imine (C=N–C) groups is 1. The highest BCUT2D eigenvalue weighted by molar-refractivity contribution is 6.04. The maximum absolute atomic E-state index is 5.32. The van der Waals surface area contributed by atoms with Crippen molar-refractivity contribution in [3.8, 4) is 22.3 Å². The first-order chi connectivity index (χ1) is 27.8. The second-order valence-electron chi connectivity index (χ2n) is 14.7. The van der Waals surface area contributed by atoms with E-state index >= 15 is 0 Å². The van der Waals surface area contributed by atoms with Crippen LogP contribution in [0.5, 0.6) is 0 Å². The predicted octanol–water partition coefficient (Wildman–Crippen LogP) is 12.6. The Kier molecular flexibility index (Phi) is 7.46. The first-order valence-corrected chi connectivity index (χ1v) is 19.3. The molecule has 56 heavy (non-hydrogen) atoms. The van der Waals surface area contributed by atoms with E-state index in [1.54, 1.807) is 0 Å². The fourth-order valence-electron chi connectivity index (χ4n) is 9.26. The third kappa shape index (κ3) is 4.94. The summed E-state index contributed by atoms with van der Waals surface area (Å²) in [6.45, 7) is 0. The average molecular weight is 716 g/mol. The molecular formula is C53H37N3. The Morgan fingerprint density at radius 2 is 0.946 bits per heavy atom. The van der Waals surface area contributed by atoms with E-state index in [9.17, 15) is 0 Å². The lowest BCUT2D eigenvalue weighted by Gasteiger charge is -2.45. The van der Waals surface area contributed by atoms with Crippen molar-refractivity contribution in [1.29, 1.82) is 0 Å². The fraction of sp³-hybridized carbons (Fsp3) is 0.0377.